The van der Waals surface area contributed by atoms with Gasteiger partial charge in [-0.3, -0.25) is 9.69 Å². The molecule has 1 amide bonds. The summed E-state index contributed by atoms with van der Waals surface area (Å²) in [6.45, 7) is 7.48. The Balaban J connectivity index is 1.37. The van der Waals surface area contributed by atoms with E-state index in [2.05, 4.69) is 65.4 Å². The number of carbonyl (C=O) groups excluding carboxylic acids is 1. The molecule has 4 heteroatoms. The number of fused-ring (bicyclic) bond motifs is 1. The largest absolute Gasteiger partial charge is 0.366 e. The second kappa shape index (κ2) is 8.03. The van der Waals surface area contributed by atoms with Gasteiger partial charge in [-0.1, -0.05) is 54.1 Å². The number of aryl methyl sites for hydroxylation is 1. The second-order valence-electron chi connectivity index (χ2n) is 7.69. The zero-order valence-electron chi connectivity index (χ0n) is 16.6. The molecule has 1 saturated heterocycles. The van der Waals surface area contributed by atoms with Crippen LogP contribution in [0.5, 0.6) is 0 Å². The molecule has 4 rings (SSSR count). The van der Waals surface area contributed by atoms with Crippen molar-refractivity contribution in [2.75, 3.05) is 36.4 Å². The lowest BCUT2D eigenvalue weighted by Crippen LogP contribution is -2.53. The van der Waals surface area contributed by atoms with E-state index in [1.807, 2.05) is 30.3 Å². The molecule has 3 aromatic carbocycles. The maximum atomic E-state index is 12.7. The summed E-state index contributed by atoms with van der Waals surface area (Å²) < 4.78 is 0. The molecule has 0 saturated carbocycles. The zero-order valence-corrected chi connectivity index (χ0v) is 16.6. The van der Waals surface area contributed by atoms with E-state index in [4.69, 9.17) is 0 Å². The van der Waals surface area contributed by atoms with Gasteiger partial charge in [0.2, 0.25) is 5.91 Å². The first-order chi connectivity index (χ1) is 13.6. The Bertz CT molecular complexity index is 962. The number of hydrogen-bond donors (Lipinski definition) is 1. The van der Waals surface area contributed by atoms with Crippen molar-refractivity contribution in [1.29, 1.82) is 0 Å². The van der Waals surface area contributed by atoms with Crippen molar-refractivity contribution in [2.45, 2.75) is 19.9 Å². The van der Waals surface area contributed by atoms with Gasteiger partial charge in [0.15, 0.2) is 0 Å². The van der Waals surface area contributed by atoms with Gasteiger partial charge in [-0.25, -0.2) is 0 Å². The molecule has 144 valence electrons. The minimum Gasteiger partial charge on any atom is -0.366 e. The number of carbonyl (C=O) groups is 1. The fourth-order valence-electron chi connectivity index (χ4n) is 4.02. The van der Waals surface area contributed by atoms with Gasteiger partial charge in [-0.2, -0.15) is 0 Å². The fraction of sp³-hybridized carbons (Fsp3) is 0.292. The molecule has 0 bridgehead atoms. The summed E-state index contributed by atoms with van der Waals surface area (Å²) in [5.74, 6) is 0.0485. The molecule has 1 N–H and O–H groups in total. The van der Waals surface area contributed by atoms with Crippen LogP contribution in [0, 0.1) is 6.92 Å². The Morgan fingerprint density at radius 1 is 1.00 bits per heavy atom. The third kappa shape index (κ3) is 4.02. The van der Waals surface area contributed by atoms with Gasteiger partial charge in [0, 0.05) is 42.4 Å². The maximum Gasteiger partial charge on any atom is 0.238 e. The summed E-state index contributed by atoms with van der Waals surface area (Å²) in [7, 11) is 0. The molecule has 1 heterocycles. The van der Waals surface area contributed by atoms with E-state index in [0.717, 1.165) is 36.1 Å². The predicted octanol–water partition coefficient (Wildman–Crippen LogP) is 4.30. The fourth-order valence-corrected chi connectivity index (χ4v) is 4.02. The van der Waals surface area contributed by atoms with E-state index >= 15 is 0 Å². The topological polar surface area (TPSA) is 35.6 Å². The Hall–Kier alpha value is -2.85. The summed E-state index contributed by atoms with van der Waals surface area (Å²) in [5, 5.41) is 5.32. The number of rotatable bonds is 4. The Kier molecular flexibility index (Phi) is 5.31. The number of amides is 1. The highest BCUT2D eigenvalue weighted by atomic mass is 16.2. The highest BCUT2D eigenvalue weighted by molar-refractivity contribution is 6.02. The van der Waals surface area contributed by atoms with Crippen LogP contribution >= 0.6 is 0 Å². The first-order valence-corrected chi connectivity index (χ1v) is 9.93. The van der Waals surface area contributed by atoms with Crippen LogP contribution in [0.25, 0.3) is 10.8 Å². The SMILES string of the molecule is Cc1ccc(N2CCN(CC(=O)Nc3cccc4ccccc34)CC2C)cc1. The number of nitrogens with zero attached hydrogens (tertiary/aromatic N) is 2. The molecule has 0 spiro atoms. The minimum atomic E-state index is 0.0485. The molecule has 4 nitrogen and oxygen atoms in total. The van der Waals surface area contributed by atoms with Crippen molar-refractivity contribution < 1.29 is 4.79 Å². The van der Waals surface area contributed by atoms with Crippen LogP contribution < -0.4 is 10.2 Å². The van der Waals surface area contributed by atoms with E-state index in [9.17, 15) is 4.79 Å². The summed E-state index contributed by atoms with van der Waals surface area (Å²) in [4.78, 5) is 17.3. The zero-order chi connectivity index (χ0) is 19.5. The van der Waals surface area contributed by atoms with Crippen LogP contribution in [0.3, 0.4) is 0 Å². The smallest absolute Gasteiger partial charge is 0.238 e. The predicted molar refractivity (Wildman–Crippen MR) is 117 cm³/mol. The summed E-state index contributed by atoms with van der Waals surface area (Å²) in [5.41, 5.74) is 3.42. The van der Waals surface area contributed by atoms with E-state index in [0.29, 0.717) is 12.6 Å². The normalized spacial score (nSPS) is 17.6. The number of anilines is 2. The van der Waals surface area contributed by atoms with Crippen molar-refractivity contribution >= 4 is 28.1 Å². The van der Waals surface area contributed by atoms with Crippen molar-refractivity contribution in [2.24, 2.45) is 0 Å². The van der Waals surface area contributed by atoms with Crippen LogP contribution in [-0.2, 0) is 4.79 Å². The molecule has 3 aromatic rings. The molecule has 1 atom stereocenters. The Morgan fingerprint density at radius 3 is 2.54 bits per heavy atom. The lowest BCUT2D eigenvalue weighted by atomic mass is 10.1. The van der Waals surface area contributed by atoms with Crippen molar-refractivity contribution in [3.8, 4) is 0 Å². The van der Waals surface area contributed by atoms with Crippen LogP contribution in [0.15, 0.2) is 66.7 Å². The molecule has 1 aliphatic heterocycles. The molecular formula is C24H27N3O. The third-order valence-electron chi connectivity index (χ3n) is 5.51. The Labute approximate surface area is 166 Å². The van der Waals surface area contributed by atoms with Crippen LogP contribution in [0.2, 0.25) is 0 Å². The van der Waals surface area contributed by atoms with Gasteiger partial charge in [-0.05, 0) is 37.4 Å². The lowest BCUT2D eigenvalue weighted by Gasteiger charge is -2.41. The summed E-state index contributed by atoms with van der Waals surface area (Å²) in [6.07, 6.45) is 0. The average molecular weight is 374 g/mol. The highest BCUT2D eigenvalue weighted by Gasteiger charge is 2.25. The summed E-state index contributed by atoms with van der Waals surface area (Å²) >= 11 is 0. The monoisotopic (exact) mass is 373 g/mol. The molecule has 1 fully saturated rings. The maximum absolute atomic E-state index is 12.7. The van der Waals surface area contributed by atoms with Crippen molar-refractivity contribution in [3.05, 3.63) is 72.3 Å². The van der Waals surface area contributed by atoms with Crippen molar-refractivity contribution in [1.82, 2.24) is 4.90 Å². The number of hydrogen-bond acceptors (Lipinski definition) is 3. The minimum absolute atomic E-state index is 0.0485. The molecule has 28 heavy (non-hydrogen) atoms. The molecule has 0 aromatic heterocycles. The molecule has 0 aliphatic carbocycles. The number of benzene rings is 3. The quantitative estimate of drug-likeness (QED) is 0.741. The number of nitrogens with one attached hydrogen (secondary N) is 1. The second-order valence-corrected chi connectivity index (χ2v) is 7.69. The van der Waals surface area contributed by atoms with Crippen LogP contribution in [0.4, 0.5) is 11.4 Å². The van der Waals surface area contributed by atoms with Gasteiger partial charge < -0.3 is 10.2 Å². The van der Waals surface area contributed by atoms with Gasteiger partial charge in [0.05, 0.1) is 6.54 Å². The average Bonchev–Trinajstić information content (AvgIpc) is 2.69. The van der Waals surface area contributed by atoms with E-state index < -0.39 is 0 Å². The van der Waals surface area contributed by atoms with Gasteiger partial charge in [-0.15, -0.1) is 0 Å². The molecule has 1 unspecified atom stereocenters. The highest BCUT2D eigenvalue weighted by Crippen LogP contribution is 2.24. The van der Waals surface area contributed by atoms with E-state index in [-0.39, 0.29) is 5.91 Å². The van der Waals surface area contributed by atoms with Crippen molar-refractivity contribution in [3.63, 3.8) is 0 Å². The van der Waals surface area contributed by atoms with Crippen LogP contribution in [-0.4, -0.2) is 43.0 Å². The van der Waals surface area contributed by atoms with E-state index in [1.54, 1.807) is 0 Å². The first-order valence-electron chi connectivity index (χ1n) is 9.93. The van der Waals surface area contributed by atoms with Crippen LogP contribution in [0.1, 0.15) is 12.5 Å². The molecular weight excluding hydrogens is 346 g/mol. The van der Waals surface area contributed by atoms with Gasteiger partial charge in [0.25, 0.3) is 0 Å². The lowest BCUT2D eigenvalue weighted by molar-refractivity contribution is -0.117. The third-order valence-corrected chi connectivity index (χ3v) is 5.51. The molecule has 0 radical (unpaired) electrons. The number of piperazine rings is 1. The van der Waals surface area contributed by atoms with Gasteiger partial charge >= 0.3 is 0 Å². The molecule has 1 aliphatic rings. The van der Waals surface area contributed by atoms with Gasteiger partial charge in [0.1, 0.15) is 0 Å². The standard InChI is InChI=1S/C24H27N3O/c1-18-10-12-21(13-11-18)27-15-14-26(16-19(27)2)17-24(28)25-23-9-5-7-20-6-3-4-8-22(20)23/h3-13,19H,14-17H2,1-2H3,(H,25,28). The summed E-state index contributed by atoms with van der Waals surface area (Å²) in [6, 6.07) is 23.2. The van der Waals surface area contributed by atoms with E-state index in [1.165, 1.54) is 11.3 Å². The Morgan fingerprint density at radius 2 is 1.75 bits per heavy atom. The first kappa shape index (κ1) is 18.5.